The van der Waals surface area contributed by atoms with E-state index in [0.717, 1.165) is 33.5 Å². The number of hydrazine groups is 1. The van der Waals surface area contributed by atoms with Crippen molar-refractivity contribution in [3.05, 3.63) is 59.8 Å². The molecule has 130 valence electrons. The van der Waals surface area contributed by atoms with Crippen LogP contribution in [0.3, 0.4) is 0 Å². The average Bonchev–Trinajstić information content (AvgIpc) is 3.03. The number of nitrogens with two attached hydrogens (primary N) is 2. The highest BCUT2D eigenvalue weighted by molar-refractivity contribution is 5.99. The van der Waals surface area contributed by atoms with E-state index in [4.69, 9.17) is 21.1 Å². The van der Waals surface area contributed by atoms with Gasteiger partial charge in [-0.25, -0.2) is 0 Å². The number of aromatic nitrogens is 1. The van der Waals surface area contributed by atoms with Crippen molar-refractivity contribution >= 4 is 22.3 Å². The Morgan fingerprint density at radius 2 is 1.68 bits per heavy atom. The molecule has 1 aromatic heterocycles. The maximum absolute atomic E-state index is 6.51. The molecule has 0 fully saturated rings. The zero-order valence-electron chi connectivity index (χ0n) is 14.5. The molecule has 0 aliphatic rings. The predicted octanol–water partition coefficient (Wildman–Crippen LogP) is 2.44. The topological polar surface area (TPSA) is 87.5 Å². The van der Waals surface area contributed by atoms with Gasteiger partial charge in [-0.2, -0.15) is 0 Å². The van der Waals surface area contributed by atoms with E-state index in [9.17, 15) is 0 Å². The highest BCUT2D eigenvalue weighted by atomic mass is 16.5. The van der Waals surface area contributed by atoms with E-state index < -0.39 is 0 Å². The van der Waals surface area contributed by atoms with E-state index in [0.29, 0.717) is 11.4 Å². The van der Waals surface area contributed by atoms with Gasteiger partial charge in [0, 0.05) is 29.8 Å². The van der Waals surface area contributed by atoms with Crippen molar-refractivity contribution in [2.75, 3.05) is 14.2 Å². The van der Waals surface area contributed by atoms with Crippen molar-refractivity contribution in [2.24, 2.45) is 18.6 Å². The van der Waals surface area contributed by atoms with Gasteiger partial charge in [0.2, 0.25) is 0 Å². The van der Waals surface area contributed by atoms with E-state index in [1.807, 2.05) is 60.3 Å². The molecule has 2 aromatic carbocycles. The smallest absolute Gasteiger partial charge is 0.120 e. The molecule has 0 aliphatic carbocycles. The third-order valence-corrected chi connectivity index (χ3v) is 4.26. The van der Waals surface area contributed by atoms with Crippen LogP contribution in [0.2, 0.25) is 0 Å². The van der Waals surface area contributed by atoms with Crippen LogP contribution < -0.4 is 26.5 Å². The lowest BCUT2D eigenvalue weighted by Gasteiger charge is -2.15. The van der Waals surface area contributed by atoms with Crippen LogP contribution in [0.1, 0.15) is 11.1 Å². The molecule has 6 heteroatoms. The van der Waals surface area contributed by atoms with Gasteiger partial charge in [-0.1, -0.05) is 0 Å². The Balaban J connectivity index is 2.22. The molecule has 1 heterocycles. The van der Waals surface area contributed by atoms with Crippen molar-refractivity contribution in [2.45, 2.75) is 0 Å². The molecule has 6 nitrogen and oxygen atoms in total. The minimum absolute atomic E-state index is 0.540. The number of benzene rings is 2. The number of aryl methyl sites for hydroxylation is 1. The number of nitrogens with one attached hydrogen (secondary N) is 1. The van der Waals surface area contributed by atoms with Crippen molar-refractivity contribution in [3.8, 4) is 11.5 Å². The Hall–Kier alpha value is -3.12. The molecule has 0 spiro atoms. The van der Waals surface area contributed by atoms with Gasteiger partial charge in [0.25, 0.3) is 0 Å². The molecule has 5 N–H and O–H groups in total. The summed E-state index contributed by atoms with van der Waals surface area (Å²) in [5, 5.41) is 1.05. The molecule has 0 radical (unpaired) electrons. The SMILES string of the molecule is COc1ccc(/C(NN)=C(/N)c2cc(OC)cc3ccn(C)c23)cc1. The highest BCUT2D eigenvalue weighted by Gasteiger charge is 2.15. The maximum atomic E-state index is 6.51. The molecule has 0 unspecified atom stereocenters. The van der Waals surface area contributed by atoms with Gasteiger partial charge in [-0.15, -0.1) is 0 Å². The standard InChI is InChI=1S/C19H22N4O2/c1-23-9-8-13-10-15(25-3)11-16(19(13)23)17(20)18(22-21)12-4-6-14(24-2)7-5-12/h4-11,22H,20-21H2,1-3H3/b18-17-. The van der Waals surface area contributed by atoms with Gasteiger partial charge in [-0.05, 0) is 42.5 Å². The van der Waals surface area contributed by atoms with Gasteiger partial charge in [0.05, 0.1) is 31.1 Å². The fraction of sp³-hybridized carbons (Fsp3) is 0.158. The molecule has 0 amide bonds. The maximum Gasteiger partial charge on any atom is 0.120 e. The number of hydrogen-bond acceptors (Lipinski definition) is 5. The Bertz CT molecular complexity index is 926. The van der Waals surface area contributed by atoms with Crippen LogP contribution in [0.4, 0.5) is 0 Å². The molecule has 0 bridgehead atoms. The van der Waals surface area contributed by atoms with Crippen molar-refractivity contribution in [1.29, 1.82) is 0 Å². The van der Waals surface area contributed by atoms with Crippen LogP contribution in [-0.4, -0.2) is 18.8 Å². The first-order valence-electron chi connectivity index (χ1n) is 7.83. The number of ether oxygens (including phenoxy) is 2. The van der Waals surface area contributed by atoms with E-state index >= 15 is 0 Å². The number of fused-ring (bicyclic) bond motifs is 1. The lowest BCUT2D eigenvalue weighted by atomic mass is 10.0. The summed E-state index contributed by atoms with van der Waals surface area (Å²) < 4.78 is 12.6. The first-order chi connectivity index (χ1) is 12.1. The van der Waals surface area contributed by atoms with Crippen LogP contribution in [0.15, 0.2) is 48.7 Å². The second-order valence-corrected chi connectivity index (χ2v) is 5.70. The largest absolute Gasteiger partial charge is 0.497 e. The summed E-state index contributed by atoms with van der Waals surface area (Å²) in [4.78, 5) is 0. The summed E-state index contributed by atoms with van der Waals surface area (Å²) >= 11 is 0. The Morgan fingerprint density at radius 1 is 1.00 bits per heavy atom. The zero-order valence-corrected chi connectivity index (χ0v) is 14.5. The van der Waals surface area contributed by atoms with Gasteiger partial charge >= 0.3 is 0 Å². The van der Waals surface area contributed by atoms with Gasteiger partial charge in [-0.3, -0.25) is 5.84 Å². The normalized spacial score (nSPS) is 12.0. The third-order valence-electron chi connectivity index (χ3n) is 4.26. The summed E-state index contributed by atoms with van der Waals surface area (Å²) in [5.41, 5.74) is 13.1. The number of nitrogens with zero attached hydrogens (tertiary/aromatic N) is 1. The van der Waals surface area contributed by atoms with E-state index in [1.165, 1.54) is 0 Å². The van der Waals surface area contributed by atoms with Crippen LogP contribution >= 0.6 is 0 Å². The van der Waals surface area contributed by atoms with Gasteiger partial charge in [0.15, 0.2) is 0 Å². The zero-order chi connectivity index (χ0) is 18.0. The van der Waals surface area contributed by atoms with Crippen molar-refractivity contribution in [3.63, 3.8) is 0 Å². The molecule has 0 saturated heterocycles. The van der Waals surface area contributed by atoms with Crippen molar-refractivity contribution in [1.82, 2.24) is 9.99 Å². The average molecular weight is 338 g/mol. The minimum Gasteiger partial charge on any atom is -0.497 e. The van der Waals surface area contributed by atoms with E-state index in [-0.39, 0.29) is 0 Å². The van der Waals surface area contributed by atoms with Gasteiger partial charge in [0.1, 0.15) is 11.5 Å². The Morgan fingerprint density at radius 3 is 2.28 bits per heavy atom. The molecule has 0 atom stereocenters. The van der Waals surface area contributed by atoms with Gasteiger partial charge < -0.3 is 25.2 Å². The van der Waals surface area contributed by atoms with Crippen LogP contribution in [-0.2, 0) is 7.05 Å². The van der Waals surface area contributed by atoms with Crippen LogP contribution in [0, 0.1) is 0 Å². The third kappa shape index (κ3) is 2.99. The van der Waals surface area contributed by atoms with E-state index in [1.54, 1.807) is 14.2 Å². The molecule has 3 rings (SSSR count). The summed E-state index contributed by atoms with van der Waals surface area (Å²) in [6.07, 6.45) is 1.99. The van der Waals surface area contributed by atoms with Crippen molar-refractivity contribution < 1.29 is 9.47 Å². The Labute approximate surface area is 146 Å². The second kappa shape index (κ2) is 6.78. The number of hydrogen-bond donors (Lipinski definition) is 3. The first kappa shape index (κ1) is 16.7. The Kier molecular flexibility index (Phi) is 4.54. The summed E-state index contributed by atoms with van der Waals surface area (Å²) in [5.74, 6) is 7.29. The quantitative estimate of drug-likeness (QED) is 0.378. The molecule has 25 heavy (non-hydrogen) atoms. The fourth-order valence-electron chi connectivity index (χ4n) is 2.95. The summed E-state index contributed by atoms with van der Waals surface area (Å²) in [7, 11) is 5.25. The predicted molar refractivity (Wildman–Crippen MR) is 101 cm³/mol. The van der Waals surface area contributed by atoms with E-state index in [2.05, 4.69) is 5.43 Å². The second-order valence-electron chi connectivity index (χ2n) is 5.70. The fourth-order valence-corrected chi connectivity index (χ4v) is 2.95. The summed E-state index contributed by atoms with van der Waals surface area (Å²) in [6.45, 7) is 0. The lowest BCUT2D eigenvalue weighted by Crippen LogP contribution is -2.23. The lowest BCUT2D eigenvalue weighted by molar-refractivity contribution is 0.415. The van der Waals surface area contributed by atoms with Crippen LogP contribution in [0.25, 0.3) is 22.3 Å². The number of rotatable bonds is 5. The van der Waals surface area contributed by atoms with Crippen LogP contribution in [0.5, 0.6) is 11.5 Å². The summed E-state index contributed by atoms with van der Waals surface area (Å²) in [6, 6.07) is 13.5. The molecule has 0 saturated carbocycles. The monoisotopic (exact) mass is 338 g/mol. The highest BCUT2D eigenvalue weighted by Crippen LogP contribution is 2.31. The minimum atomic E-state index is 0.540. The molecule has 3 aromatic rings. The number of methoxy groups -OCH3 is 2. The first-order valence-corrected chi connectivity index (χ1v) is 7.83. The molecular weight excluding hydrogens is 316 g/mol. The molecular formula is C19H22N4O2. The molecule has 0 aliphatic heterocycles.